The molecule has 5 rings (SSSR count). The number of nitrogens with two attached hydrogens (primary N) is 2. The fourth-order valence-corrected chi connectivity index (χ4v) is 5.52. The van der Waals surface area contributed by atoms with Crippen molar-refractivity contribution in [3.8, 4) is 5.88 Å². The molecule has 1 fully saturated rings. The Morgan fingerprint density at radius 1 is 1.22 bits per heavy atom. The summed E-state index contributed by atoms with van der Waals surface area (Å²) in [6.07, 6.45) is -1.40. The summed E-state index contributed by atoms with van der Waals surface area (Å²) in [5, 5.41) is 13.2. The van der Waals surface area contributed by atoms with Crippen molar-refractivity contribution >= 4 is 52.2 Å². The fourth-order valence-electron chi connectivity index (χ4n) is 4.42. The van der Waals surface area contributed by atoms with Crippen LogP contribution in [0.4, 0.5) is 30.5 Å². The van der Waals surface area contributed by atoms with Crippen LogP contribution in [0.2, 0.25) is 5.02 Å². The molecule has 1 aliphatic heterocycles. The Hall–Kier alpha value is -4.08. The Balaban J connectivity index is 1.32. The zero-order valence-electron chi connectivity index (χ0n) is 21.0. The van der Waals surface area contributed by atoms with Crippen molar-refractivity contribution < 1.29 is 23.1 Å². The molecule has 2 unspecified atom stereocenters. The molecule has 1 saturated heterocycles. The van der Waals surface area contributed by atoms with Crippen LogP contribution in [0.15, 0.2) is 63.5 Å². The van der Waals surface area contributed by atoms with E-state index in [1.165, 1.54) is 24.5 Å². The minimum Gasteiger partial charge on any atom is -0.493 e. The van der Waals surface area contributed by atoms with Crippen LogP contribution >= 0.6 is 23.4 Å². The van der Waals surface area contributed by atoms with Crippen molar-refractivity contribution in [1.29, 1.82) is 0 Å². The van der Waals surface area contributed by atoms with Crippen LogP contribution in [0, 0.1) is 5.92 Å². The average Bonchev–Trinajstić information content (AvgIpc) is 3.41. The highest BCUT2D eigenvalue weighted by molar-refractivity contribution is 7.99. The minimum atomic E-state index is -4.48. The number of hydrogen-bond donors (Lipinski definition) is 4. The van der Waals surface area contributed by atoms with E-state index in [0.717, 1.165) is 16.2 Å². The van der Waals surface area contributed by atoms with Crippen molar-refractivity contribution in [3.63, 3.8) is 0 Å². The van der Waals surface area contributed by atoms with Gasteiger partial charge < -0.3 is 26.8 Å². The zero-order chi connectivity index (χ0) is 29.5. The lowest BCUT2D eigenvalue weighted by molar-refractivity contribution is -0.157. The second kappa shape index (κ2) is 11.1. The number of anilines is 3. The number of aromatic hydroxyl groups is 1. The third-order valence-corrected chi connectivity index (χ3v) is 8.13. The number of nitrogens with zero attached hydrogens (tertiary/aromatic N) is 5. The van der Waals surface area contributed by atoms with Gasteiger partial charge in [-0.15, -0.1) is 0 Å². The Morgan fingerprint density at radius 2 is 2.00 bits per heavy atom. The summed E-state index contributed by atoms with van der Waals surface area (Å²) in [7, 11) is 0. The molecule has 4 aromatic rings. The van der Waals surface area contributed by atoms with Crippen molar-refractivity contribution in [2.24, 2.45) is 11.7 Å². The van der Waals surface area contributed by atoms with Crippen molar-refractivity contribution in [3.05, 3.63) is 69.7 Å². The molecule has 0 radical (unpaired) electrons. The van der Waals surface area contributed by atoms with Crippen molar-refractivity contribution in [1.82, 2.24) is 19.4 Å². The van der Waals surface area contributed by atoms with Gasteiger partial charge in [0.1, 0.15) is 22.5 Å². The Kier molecular flexibility index (Phi) is 7.68. The molecule has 0 spiro atoms. The molecule has 2 atom stereocenters. The largest absolute Gasteiger partial charge is 0.493 e. The summed E-state index contributed by atoms with van der Waals surface area (Å²) < 4.78 is 40.1. The highest BCUT2D eigenvalue weighted by atomic mass is 35.5. The van der Waals surface area contributed by atoms with E-state index in [0.29, 0.717) is 17.3 Å². The minimum absolute atomic E-state index is 0.0294. The number of fused-ring (bicyclic) bond motifs is 1. The topological polar surface area (TPSA) is 165 Å². The predicted molar refractivity (Wildman–Crippen MR) is 147 cm³/mol. The summed E-state index contributed by atoms with van der Waals surface area (Å²) in [6, 6.07) is 7.53. The van der Waals surface area contributed by atoms with Crippen LogP contribution in [0.3, 0.4) is 0 Å². The first-order valence-corrected chi connectivity index (χ1v) is 13.3. The maximum atomic E-state index is 13.0. The first kappa shape index (κ1) is 28.4. The zero-order valence-corrected chi connectivity index (χ0v) is 22.5. The van der Waals surface area contributed by atoms with Gasteiger partial charge in [0.2, 0.25) is 5.88 Å². The normalized spacial score (nSPS) is 16.2. The molecule has 0 bridgehead atoms. The number of halogens is 4. The Labute approximate surface area is 239 Å². The molecule has 1 aliphatic rings. The van der Waals surface area contributed by atoms with Gasteiger partial charge in [-0.25, -0.2) is 9.97 Å². The van der Waals surface area contributed by atoms with E-state index < -0.39 is 41.0 Å². The number of nitrogen functional groups attached to an aromatic ring is 1. The smallest absolute Gasteiger partial charge is 0.403 e. The quantitative estimate of drug-likeness (QED) is 0.255. The van der Waals surface area contributed by atoms with Gasteiger partial charge in [-0.1, -0.05) is 35.5 Å². The molecule has 6 N–H and O–H groups in total. The van der Waals surface area contributed by atoms with Gasteiger partial charge in [-0.3, -0.25) is 14.0 Å². The second-order valence-corrected chi connectivity index (χ2v) is 10.6. The third-order valence-electron chi connectivity index (χ3n) is 6.55. The Bertz CT molecular complexity index is 1700. The van der Waals surface area contributed by atoms with Crippen LogP contribution in [-0.2, 0) is 0 Å². The number of alkyl halides is 3. The highest BCUT2D eigenvalue weighted by Crippen LogP contribution is 2.39. The van der Waals surface area contributed by atoms with Crippen LogP contribution in [-0.4, -0.2) is 55.7 Å². The number of nitrogens with one attached hydrogen (secondary N) is 1. The first-order valence-electron chi connectivity index (χ1n) is 12.1. The number of carbonyl (C=O) groups is 1. The summed E-state index contributed by atoms with van der Waals surface area (Å²) in [6.45, 7) is 0.398. The van der Waals surface area contributed by atoms with Gasteiger partial charge in [-0.05, 0) is 30.7 Å². The molecule has 1 aromatic carbocycles. The lowest BCUT2D eigenvalue weighted by Crippen LogP contribution is -2.44. The average molecular weight is 607 g/mol. The molecule has 0 saturated carbocycles. The lowest BCUT2D eigenvalue weighted by Gasteiger charge is -2.23. The van der Waals surface area contributed by atoms with Gasteiger partial charge in [0.25, 0.3) is 11.5 Å². The number of benzene rings is 1. The van der Waals surface area contributed by atoms with E-state index in [1.54, 1.807) is 29.2 Å². The number of rotatable bonds is 6. The van der Waals surface area contributed by atoms with E-state index in [4.69, 9.17) is 23.1 Å². The maximum absolute atomic E-state index is 13.0. The summed E-state index contributed by atoms with van der Waals surface area (Å²) in [5.41, 5.74) is 10.5. The van der Waals surface area contributed by atoms with E-state index in [9.17, 15) is 27.9 Å². The first-order chi connectivity index (χ1) is 19.4. The van der Waals surface area contributed by atoms with Crippen LogP contribution in [0.25, 0.3) is 5.65 Å². The molecule has 3 aromatic heterocycles. The van der Waals surface area contributed by atoms with Gasteiger partial charge in [0, 0.05) is 30.1 Å². The highest BCUT2D eigenvalue weighted by Gasteiger charge is 2.44. The Morgan fingerprint density at radius 3 is 2.73 bits per heavy atom. The van der Waals surface area contributed by atoms with Gasteiger partial charge in [0.05, 0.1) is 16.9 Å². The van der Waals surface area contributed by atoms with E-state index in [1.807, 2.05) is 0 Å². The molecule has 214 valence electrons. The van der Waals surface area contributed by atoms with Crippen molar-refractivity contribution in [2.75, 3.05) is 29.0 Å². The van der Waals surface area contributed by atoms with Gasteiger partial charge in [0.15, 0.2) is 11.4 Å². The lowest BCUT2D eigenvalue weighted by atomic mass is 9.99. The number of carbonyl (C=O) groups excluding carboxylic acids is 1. The number of pyridine rings is 1. The standard InChI is InChI=1S/C25H22ClF3N8O3S/c26-18-13(33-21(38)17-22(39)35-15-6-1-2-8-37(15)24(17)40)4-3-5-14(18)41-23-20(31)34-16(10-32-23)36-9-7-12(11-36)19(30)25(27,28)29/h1-6,8,10,12,19,39H,7,9,11,30H2,(H2,31,34)(H,33,38). The summed E-state index contributed by atoms with van der Waals surface area (Å²) in [4.78, 5) is 40.4. The molecular weight excluding hydrogens is 585 g/mol. The van der Waals surface area contributed by atoms with E-state index >= 15 is 0 Å². The van der Waals surface area contributed by atoms with Crippen LogP contribution < -0.4 is 27.2 Å². The molecule has 41 heavy (non-hydrogen) atoms. The second-order valence-electron chi connectivity index (χ2n) is 9.20. The van der Waals surface area contributed by atoms with E-state index in [2.05, 4.69) is 20.3 Å². The predicted octanol–water partition coefficient (Wildman–Crippen LogP) is 3.55. The fraction of sp³-hybridized carbons (Fsp3) is 0.240. The maximum Gasteiger partial charge on any atom is 0.403 e. The molecule has 11 nitrogen and oxygen atoms in total. The van der Waals surface area contributed by atoms with Crippen LogP contribution in [0.5, 0.6) is 5.88 Å². The van der Waals surface area contributed by atoms with E-state index in [-0.39, 0.29) is 40.2 Å². The number of hydrogen-bond acceptors (Lipinski definition) is 10. The monoisotopic (exact) mass is 606 g/mol. The molecule has 4 heterocycles. The molecule has 1 amide bonds. The number of aromatic nitrogens is 4. The van der Waals surface area contributed by atoms with Crippen LogP contribution in [0.1, 0.15) is 16.8 Å². The molecular formula is C25H22ClF3N8O3S. The molecule has 0 aliphatic carbocycles. The summed E-state index contributed by atoms with van der Waals surface area (Å²) in [5.74, 6) is -2.06. The van der Waals surface area contributed by atoms with Gasteiger partial charge >= 0.3 is 6.18 Å². The summed E-state index contributed by atoms with van der Waals surface area (Å²) >= 11 is 7.59. The van der Waals surface area contributed by atoms with Gasteiger partial charge in [-0.2, -0.15) is 18.2 Å². The number of amides is 1. The third kappa shape index (κ3) is 5.73. The SMILES string of the molecule is Nc1nc(N2CCC(C(N)C(F)(F)F)C2)cnc1Sc1cccc(NC(=O)c2c(O)nc3ccccn3c2=O)c1Cl. The molecule has 16 heteroatoms. The van der Waals surface area contributed by atoms with Crippen molar-refractivity contribution in [2.45, 2.75) is 28.6 Å².